The molecule has 0 aliphatic heterocycles. The van der Waals surface area contributed by atoms with Crippen LogP contribution in [-0.2, 0) is 0 Å². The van der Waals surface area contributed by atoms with Crippen molar-refractivity contribution in [2.24, 2.45) is 0 Å². The molecule has 0 aliphatic rings. The lowest BCUT2D eigenvalue weighted by Crippen LogP contribution is -3.00. The van der Waals surface area contributed by atoms with Crippen molar-refractivity contribution in [3.05, 3.63) is 113 Å². The fourth-order valence-electron chi connectivity index (χ4n) is 4.13. The molecule has 0 bridgehead atoms. The van der Waals surface area contributed by atoms with Crippen molar-refractivity contribution in [2.75, 3.05) is 32.0 Å². The van der Waals surface area contributed by atoms with Crippen LogP contribution in [-0.4, -0.2) is 44.9 Å². The molecule has 2 amide bonds. The van der Waals surface area contributed by atoms with Crippen molar-refractivity contribution in [3.8, 4) is 17.2 Å². The average Bonchev–Trinajstić information content (AvgIpc) is 3.01. The van der Waals surface area contributed by atoms with Gasteiger partial charge in [-0.3, -0.25) is 25.1 Å². The van der Waals surface area contributed by atoms with Crippen LogP contribution in [0.1, 0.15) is 42.2 Å². The summed E-state index contributed by atoms with van der Waals surface area (Å²) >= 11 is 0. The maximum atomic E-state index is 13.0. The molecular weight excluding hydrogens is 572 g/mol. The van der Waals surface area contributed by atoms with E-state index < -0.39 is 5.91 Å². The Morgan fingerprint density at radius 1 is 0.651 bits per heavy atom. The molecule has 4 N–H and O–H groups in total. The third kappa shape index (κ3) is 7.69. The molecule has 0 spiro atoms. The lowest BCUT2D eigenvalue weighted by molar-refractivity contribution is -0.0000321. The molecule has 0 saturated carbocycles. The van der Waals surface area contributed by atoms with Gasteiger partial charge in [-0.1, -0.05) is 48.5 Å². The first-order valence-corrected chi connectivity index (χ1v) is 12.8. The van der Waals surface area contributed by atoms with E-state index in [0.29, 0.717) is 45.3 Å². The number of ketones is 1. The number of methoxy groups -OCH3 is 3. The molecule has 0 unspecified atom stereocenters. The van der Waals surface area contributed by atoms with Crippen LogP contribution in [0.2, 0.25) is 0 Å². The van der Waals surface area contributed by atoms with E-state index in [4.69, 9.17) is 19.6 Å². The van der Waals surface area contributed by atoms with Crippen LogP contribution in [0.5, 0.6) is 17.2 Å². The van der Waals surface area contributed by atoms with Crippen LogP contribution in [0.15, 0.2) is 84.9 Å². The second-order valence-corrected chi connectivity index (χ2v) is 9.12. The van der Waals surface area contributed by atoms with Gasteiger partial charge in [0, 0.05) is 33.6 Å². The smallest absolute Gasteiger partial charge is 0.258 e. The van der Waals surface area contributed by atoms with Crippen molar-refractivity contribution in [3.63, 3.8) is 0 Å². The highest BCUT2D eigenvalue weighted by molar-refractivity contribution is 6.11. The predicted octanol–water partition coefficient (Wildman–Crippen LogP) is 2.28. The third-order valence-electron chi connectivity index (χ3n) is 6.37. The third-order valence-corrected chi connectivity index (χ3v) is 6.37. The number of benzene rings is 4. The number of hydrogen-bond acceptors (Lipinski definition) is 7. The number of nitrogens with one attached hydrogen (secondary N) is 4. The standard InChI is InChI=1S/C32H30N4O6.ClH/c1-19-10-15-24(34-32(33)36-31(39)23-16-26(40-2)29(42-4)27(17-23)41-3)18-25(19)35-30(38)22-13-11-21(12-14-22)28(37)20-8-6-5-7-9-20;/h5-18H,1-4H3,(H,35,38)(H3,33,34,36,39);1H/p-1. The highest BCUT2D eigenvalue weighted by Crippen LogP contribution is 2.38. The maximum absolute atomic E-state index is 13.0. The first kappa shape index (κ1) is 32.2. The molecule has 0 fully saturated rings. The van der Waals surface area contributed by atoms with E-state index >= 15 is 0 Å². The average molecular weight is 602 g/mol. The predicted molar refractivity (Wildman–Crippen MR) is 160 cm³/mol. The number of halogens is 1. The molecule has 4 aromatic carbocycles. The van der Waals surface area contributed by atoms with E-state index in [1.165, 1.54) is 33.5 Å². The second kappa shape index (κ2) is 14.5. The number of anilines is 2. The van der Waals surface area contributed by atoms with Crippen molar-refractivity contribution < 1.29 is 41.0 Å². The topological polar surface area (TPSA) is 139 Å². The van der Waals surface area contributed by atoms with E-state index in [1.807, 2.05) is 13.0 Å². The molecule has 11 heteroatoms. The largest absolute Gasteiger partial charge is 1.00 e. The zero-order valence-electron chi connectivity index (χ0n) is 23.9. The number of guanidine groups is 1. The highest BCUT2D eigenvalue weighted by Gasteiger charge is 2.18. The van der Waals surface area contributed by atoms with Crippen molar-refractivity contribution >= 4 is 34.9 Å². The normalized spacial score (nSPS) is 10.0. The van der Waals surface area contributed by atoms with Crippen molar-refractivity contribution in [2.45, 2.75) is 6.92 Å². The summed E-state index contributed by atoms with van der Waals surface area (Å²) in [6.07, 6.45) is 0. The molecule has 222 valence electrons. The van der Waals surface area contributed by atoms with Crippen LogP contribution in [0.3, 0.4) is 0 Å². The highest BCUT2D eigenvalue weighted by atomic mass is 35.5. The van der Waals surface area contributed by atoms with Crippen molar-refractivity contribution in [1.29, 1.82) is 5.41 Å². The van der Waals surface area contributed by atoms with Gasteiger partial charge in [0.15, 0.2) is 23.2 Å². The van der Waals surface area contributed by atoms with Gasteiger partial charge in [0.2, 0.25) is 5.75 Å². The summed E-state index contributed by atoms with van der Waals surface area (Å²) in [4.78, 5) is 38.4. The van der Waals surface area contributed by atoms with E-state index in [2.05, 4.69) is 16.0 Å². The Balaban J connectivity index is 0.00000506. The first-order chi connectivity index (χ1) is 20.2. The van der Waals surface area contributed by atoms with Gasteiger partial charge < -0.3 is 37.3 Å². The lowest BCUT2D eigenvalue weighted by atomic mass is 10.0. The number of amides is 2. The first-order valence-electron chi connectivity index (χ1n) is 12.8. The number of hydrogen-bond donors (Lipinski definition) is 4. The number of aryl methyl sites for hydroxylation is 1. The number of carbonyl (C=O) groups is 3. The van der Waals surface area contributed by atoms with Gasteiger partial charge in [0.1, 0.15) is 0 Å². The molecule has 0 saturated heterocycles. The molecule has 4 aromatic rings. The Kier molecular flexibility index (Phi) is 10.9. The summed E-state index contributed by atoms with van der Waals surface area (Å²) in [5.41, 5.74) is 3.39. The minimum absolute atomic E-state index is 0. The van der Waals surface area contributed by atoms with Crippen LogP contribution in [0, 0.1) is 12.3 Å². The molecule has 4 rings (SSSR count). The molecular formula is C32H30ClN4O6-. The van der Waals surface area contributed by atoms with Gasteiger partial charge in [0.25, 0.3) is 11.8 Å². The van der Waals surface area contributed by atoms with Gasteiger partial charge in [-0.25, -0.2) is 0 Å². The Hall–Kier alpha value is -5.35. The number of carbonyl (C=O) groups excluding carboxylic acids is 3. The van der Waals surface area contributed by atoms with Crippen LogP contribution in [0.25, 0.3) is 0 Å². The molecule has 43 heavy (non-hydrogen) atoms. The summed E-state index contributed by atoms with van der Waals surface area (Å²) in [6.45, 7) is 1.83. The van der Waals surface area contributed by atoms with E-state index in [0.717, 1.165) is 5.56 Å². The Morgan fingerprint density at radius 3 is 1.81 bits per heavy atom. The second-order valence-electron chi connectivity index (χ2n) is 9.12. The minimum atomic E-state index is -0.568. The van der Waals surface area contributed by atoms with Crippen LogP contribution >= 0.6 is 0 Å². The van der Waals surface area contributed by atoms with Gasteiger partial charge in [-0.2, -0.15) is 0 Å². The quantitative estimate of drug-likeness (QED) is 0.131. The van der Waals surface area contributed by atoms with Crippen LogP contribution < -0.4 is 42.6 Å². The van der Waals surface area contributed by atoms with Crippen LogP contribution in [0.4, 0.5) is 11.4 Å². The summed E-state index contributed by atoms with van der Waals surface area (Å²) in [5, 5.41) is 16.4. The minimum Gasteiger partial charge on any atom is -1.00 e. The monoisotopic (exact) mass is 601 g/mol. The van der Waals surface area contributed by atoms with Gasteiger partial charge >= 0.3 is 0 Å². The van der Waals surface area contributed by atoms with Gasteiger partial charge in [-0.05, 0) is 48.9 Å². The molecule has 0 radical (unpaired) electrons. The molecule has 10 nitrogen and oxygen atoms in total. The molecule has 0 aliphatic carbocycles. The van der Waals surface area contributed by atoms with Gasteiger partial charge in [-0.15, -0.1) is 0 Å². The lowest BCUT2D eigenvalue weighted by Gasteiger charge is -2.15. The Labute approximate surface area is 255 Å². The van der Waals surface area contributed by atoms with E-state index in [-0.39, 0.29) is 35.6 Å². The number of ether oxygens (including phenoxy) is 3. The van der Waals surface area contributed by atoms with Gasteiger partial charge in [0.05, 0.1) is 21.3 Å². The number of rotatable bonds is 9. The summed E-state index contributed by atoms with van der Waals surface area (Å²) in [6, 6.07) is 23.4. The fourth-order valence-corrected chi connectivity index (χ4v) is 4.13. The summed E-state index contributed by atoms with van der Waals surface area (Å²) in [5.74, 6) is -0.391. The Bertz CT molecular complexity index is 1620. The molecule has 0 heterocycles. The fraction of sp³-hybridized carbons (Fsp3) is 0.125. The van der Waals surface area contributed by atoms with Crippen molar-refractivity contribution in [1.82, 2.24) is 5.32 Å². The maximum Gasteiger partial charge on any atom is 0.258 e. The van der Waals surface area contributed by atoms with E-state index in [1.54, 1.807) is 66.7 Å². The summed E-state index contributed by atoms with van der Waals surface area (Å²) in [7, 11) is 4.35. The molecule has 0 atom stereocenters. The zero-order chi connectivity index (χ0) is 30.2. The van der Waals surface area contributed by atoms with E-state index in [9.17, 15) is 14.4 Å². The molecule has 0 aromatic heterocycles. The summed E-state index contributed by atoms with van der Waals surface area (Å²) < 4.78 is 15.9. The Morgan fingerprint density at radius 2 is 1.23 bits per heavy atom. The SMILES string of the molecule is COc1cc(C(=O)NC(=N)Nc2ccc(C)c(NC(=O)c3ccc(C(=O)c4ccccc4)cc3)c2)cc(OC)c1OC.[Cl-]. The zero-order valence-corrected chi connectivity index (χ0v) is 24.7.